The highest BCUT2D eigenvalue weighted by atomic mass is 16.5. The van der Waals surface area contributed by atoms with Gasteiger partial charge in [-0.25, -0.2) is 0 Å². The molecule has 28 heavy (non-hydrogen) atoms. The lowest BCUT2D eigenvalue weighted by molar-refractivity contribution is 0.356. The molecule has 6 heteroatoms. The molecule has 0 bridgehead atoms. The number of benzene rings is 2. The number of hydrogen-bond donors (Lipinski definition) is 1. The third-order valence-corrected chi connectivity index (χ3v) is 4.52. The Morgan fingerprint density at radius 3 is 2.39 bits per heavy atom. The third kappa shape index (κ3) is 3.32. The van der Waals surface area contributed by atoms with Crippen molar-refractivity contribution in [2.75, 3.05) is 26.6 Å². The summed E-state index contributed by atoms with van der Waals surface area (Å²) in [6.45, 7) is 0. The lowest BCUT2D eigenvalue weighted by atomic mass is 10.1. The minimum absolute atomic E-state index is 0.642. The van der Waals surface area contributed by atoms with Crippen LogP contribution in [0.5, 0.6) is 17.2 Å². The van der Waals surface area contributed by atoms with E-state index in [9.17, 15) is 0 Å². The fourth-order valence-corrected chi connectivity index (χ4v) is 3.12. The van der Waals surface area contributed by atoms with Crippen molar-refractivity contribution in [3.05, 3.63) is 61.2 Å². The predicted octanol–water partition coefficient (Wildman–Crippen LogP) is 5.26. The van der Waals surface area contributed by atoms with Crippen LogP contribution in [0.1, 0.15) is 0 Å². The molecule has 0 aliphatic carbocycles. The molecule has 2 heterocycles. The Kier molecular flexibility index (Phi) is 4.76. The summed E-state index contributed by atoms with van der Waals surface area (Å²) in [6, 6.07) is 13.6. The van der Waals surface area contributed by atoms with E-state index in [-0.39, 0.29) is 0 Å². The number of pyridine rings is 1. The van der Waals surface area contributed by atoms with Crippen molar-refractivity contribution in [3.63, 3.8) is 0 Å². The highest BCUT2D eigenvalue weighted by Crippen LogP contribution is 2.36. The largest absolute Gasteiger partial charge is 0.497 e. The molecule has 0 saturated carbocycles. The maximum absolute atomic E-state index is 5.47. The van der Waals surface area contributed by atoms with Crippen LogP contribution >= 0.6 is 0 Å². The molecular formula is C22H20N2O4. The standard InChI is InChI=1S/C22H20N2O4/c1-25-17-9-15(14-5-7-28-13-14)8-16(10-17)24-19-4-6-23-20-12-22(27-3)21(26-2)11-18(19)20/h4-13H,1-3H3,(H,23,24). The molecule has 0 aliphatic heterocycles. The van der Waals surface area contributed by atoms with Gasteiger partial charge in [0.1, 0.15) is 5.75 Å². The third-order valence-electron chi connectivity index (χ3n) is 4.52. The zero-order valence-corrected chi connectivity index (χ0v) is 15.9. The number of fused-ring (bicyclic) bond motifs is 1. The number of furan rings is 1. The number of aromatic nitrogens is 1. The summed E-state index contributed by atoms with van der Waals surface area (Å²) in [6.07, 6.45) is 5.11. The average molecular weight is 376 g/mol. The van der Waals surface area contributed by atoms with E-state index in [1.165, 1.54) is 0 Å². The van der Waals surface area contributed by atoms with Crippen molar-refractivity contribution >= 4 is 22.3 Å². The first kappa shape index (κ1) is 17.7. The van der Waals surface area contributed by atoms with Gasteiger partial charge in [-0.05, 0) is 35.9 Å². The van der Waals surface area contributed by atoms with Gasteiger partial charge in [-0.1, -0.05) is 0 Å². The molecule has 4 rings (SSSR count). The van der Waals surface area contributed by atoms with Gasteiger partial charge in [0.25, 0.3) is 0 Å². The molecule has 4 aromatic rings. The van der Waals surface area contributed by atoms with E-state index in [4.69, 9.17) is 18.6 Å². The highest BCUT2D eigenvalue weighted by molar-refractivity contribution is 5.95. The van der Waals surface area contributed by atoms with Crippen LogP contribution in [0, 0.1) is 0 Å². The second-order valence-electron chi connectivity index (χ2n) is 6.17. The molecule has 142 valence electrons. The smallest absolute Gasteiger partial charge is 0.162 e. The molecule has 0 saturated heterocycles. The van der Waals surface area contributed by atoms with Crippen LogP contribution in [0.25, 0.3) is 22.0 Å². The van der Waals surface area contributed by atoms with E-state index in [0.717, 1.165) is 39.2 Å². The van der Waals surface area contributed by atoms with Crippen molar-refractivity contribution in [1.29, 1.82) is 0 Å². The van der Waals surface area contributed by atoms with Crippen LogP contribution in [0.4, 0.5) is 11.4 Å². The second kappa shape index (κ2) is 7.52. The van der Waals surface area contributed by atoms with Gasteiger partial charge in [0, 0.05) is 40.7 Å². The van der Waals surface area contributed by atoms with Gasteiger partial charge in [-0.3, -0.25) is 4.98 Å². The Bertz CT molecular complexity index is 1110. The van der Waals surface area contributed by atoms with Gasteiger partial charge < -0.3 is 23.9 Å². The van der Waals surface area contributed by atoms with Crippen LogP contribution in [0.2, 0.25) is 0 Å². The number of methoxy groups -OCH3 is 3. The molecule has 1 N–H and O–H groups in total. The minimum atomic E-state index is 0.642. The molecule has 0 radical (unpaired) electrons. The second-order valence-corrected chi connectivity index (χ2v) is 6.17. The number of ether oxygens (including phenoxy) is 3. The fraction of sp³-hybridized carbons (Fsp3) is 0.136. The Morgan fingerprint density at radius 1 is 0.857 bits per heavy atom. The first-order chi connectivity index (χ1) is 13.7. The fourth-order valence-electron chi connectivity index (χ4n) is 3.12. The zero-order chi connectivity index (χ0) is 19.5. The summed E-state index contributed by atoms with van der Waals surface area (Å²) in [7, 11) is 4.88. The van der Waals surface area contributed by atoms with Crippen LogP contribution in [0.3, 0.4) is 0 Å². The number of hydrogen-bond acceptors (Lipinski definition) is 6. The van der Waals surface area contributed by atoms with Crippen molar-refractivity contribution in [2.45, 2.75) is 0 Å². The summed E-state index contributed by atoms with van der Waals surface area (Å²) in [5.74, 6) is 2.04. The molecule has 0 fully saturated rings. The summed E-state index contributed by atoms with van der Waals surface area (Å²) in [5, 5.41) is 4.39. The molecule has 0 aliphatic rings. The van der Waals surface area contributed by atoms with Crippen LogP contribution < -0.4 is 19.5 Å². The average Bonchev–Trinajstić information content (AvgIpc) is 3.27. The first-order valence-corrected chi connectivity index (χ1v) is 8.71. The lowest BCUT2D eigenvalue weighted by Gasteiger charge is -2.14. The predicted molar refractivity (Wildman–Crippen MR) is 109 cm³/mol. The summed E-state index contributed by atoms with van der Waals surface area (Å²) >= 11 is 0. The molecule has 6 nitrogen and oxygen atoms in total. The summed E-state index contributed by atoms with van der Waals surface area (Å²) in [4.78, 5) is 4.45. The SMILES string of the molecule is COc1cc(Nc2ccnc3cc(OC)c(OC)cc23)cc(-c2ccoc2)c1. The number of anilines is 2. The molecular weight excluding hydrogens is 356 g/mol. The van der Waals surface area contributed by atoms with E-state index in [1.807, 2.05) is 42.5 Å². The van der Waals surface area contributed by atoms with Crippen molar-refractivity contribution in [1.82, 2.24) is 4.98 Å². The highest BCUT2D eigenvalue weighted by Gasteiger charge is 2.11. The monoisotopic (exact) mass is 376 g/mol. The molecule has 2 aromatic heterocycles. The first-order valence-electron chi connectivity index (χ1n) is 8.71. The summed E-state index contributed by atoms with van der Waals surface area (Å²) < 4.78 is 21.5. The van der Waals surface area contributed by atoms with E-state index in [1.54, 1.807) is 40.1 Å². The van der Waals surface area contributed by atoms with Gasteiger partial charge in [0.05, 0.1) is 39.4 Å². The maximum atomic E-state index is 5.47. The van der Waals surface area contributed by atoms with Gasteiger partial charge in [0.15, 0.2) is 11.5 Å². The van der Waals surface area contributed by atoms with Gasteiger partial charge in [-0.15, -0.1) is 0 Å². The van der Waals surface area contributed by atoms with Crippen molar-refractivity contribution in [3.8, 4) is 28.4 Å². The molecule has 0 atom stereocenters. The minimum Gasteiger partial charge on any atom is -0.497 e. The maximum Gasteiger partial charge on any atom is 0.162 e. The van der Waals surface area contributed by atoms with E-state index < -0.39 is 0 Å². The number of rotatable bonds is 6. The zero-order valence-electron chi connectivity index (χ0n) is 15.9. The summed E-state index contributed by atoms with van der Waals surface area (Å²) in [5.41, 5.74) is 4.57. The van der Waals surface area contributed by atoms with Crippen LogP contribution in [-0.2, 0) is 0 Å². The molecule has 0 amide bonds. The quantitative estimate of drug-likeness (QED) is 0.495. The lowest BCUT2D eigenvalue weighted by Crippen LogP contribution is -1.96. The topological polar surface area (TPSA) is 65.8 Å². The van der Waals surface area contributed by atoms with Crippen LogP contribution in [-0.4, -0.2) is 26.3 Å². The number of nitrogens with one attached hydrogen (secondary N) is 1. The van der Waals surface area contributed by atoms with Crippen molar-refractivity contribution < 1.29 is 18.6 Å². The van der Waals surface area contributed by atoms with E-state index in [0.29, 0.717) is 11.5 Å². The van der Waals surface area contributed by atoms with Gasteiger partial charge in [0.2, 0.25) is 0 Å². The van der Waals surface area contributed by atoms with Gasteiger partial charge >= 0.3 is 0 Å². The molecule has 0 unspecified atom stereocenters. The van der Waals surface area contributed by atoms with E-state index in [2.05, 4.69) is 10.3 Å². The number of nitrogens with zero attached hydrogens (tertiary/aromatic N) is 1. The van der Waals surface area contributed by atoms with Gasteiger partial charge in [-0.2, -0.15) is 0 Å². The van der Waals surface area contributed by atoms with E-state index >= 15 is 0 Å². The Balaban J connectivity index is 1.79. The Labute approximate surface area is 162 Å². The Hall–Kier alpha value is -3.67. The van der Waals surface area contributed by atoms with Crippen molar-refractivity contribution in [2.24, 2.45) is 0 Å². The molecule has 0 spiro atoms. The molecule has 2 aromatic carbocycles. The Morgan fingerprint density at radius 2 is 1.68 bits per heavy atom. The normalized spacial score (nSPS) is 10.7. The van der Waals surface area contributed by atoms with Crippen LogP contribution in [0.15, 0.2) is 65.6 Å².